The van der Waals surface area contributed by atoms with Crippen LogP contribution < -0.4 is 5.32 Å². The third kappa shape index (κ3) is 1.83. The Hall–Kier alpha value is -2.43. The molecule has 3 rings (SSSR count). The summed E-state index contributed by atoms with van der Waals surface area (Å²) in [5.74, 6) is 0.348. The zero-order chi connectivity index (χ0) is 13.4. The van der Waals surface area contributed by atoms with Gasteiger partial charge in [-0.2, -0.15) is 10.1 Å². The fourth-order valence-corrected chi connectivity index (χ4v) is 2.55. The summed E-state index contributed by atoms with van der Waals surface area (Å²) in [6, 6.07) is 9.65. The van der Waals surface area contributed by atoms with Gasteiger partial charge in [0, 0.05) is 5.70 Å². The van der Waals surface area contributed by atoms with Crippen molar-refractivity contribution in [3.8, 4) is 0 Å². The molecule has 0 amide bonds. The summed E-state index contributed by atoms with van der Waals surface area (Å²) in [4.78, 5) is 16.1. The summed E-state index contributed by atoms with van der Waals surface area (Å²) in [7, 11) is 0. The molecule has 0 fully saturated rings. The Morgan fingerprint density at radius 3 is 2.79 bits per heavy atom. The lowest BCUT2D eigenvalue weighted by Crippen LogP contribution is -2.35. The third-order valence-electron chi connectivity index (χ3n) is 3.38. The zero-order valence-electron chi connectivity index (χ0n) is 10.6. The number of hydrogen-bond donors (Lipinski definition) is 1. The normalized spacial score (nSPS) is 21.6. The Balaban J connectivity index is 2.17. The van der Waals surface area contributed by atoms with E-state index in [1.807, 2.05) is 30.3 Å². The Bertz CT molecular complexity index is 632. The molecule has 5 heteroatoms. The molecule has 0 saturated carbocycles. The number of benzene rings is 1. The number of anilines is 1. The summed E-state index contributed by atoms with van der Waals surface area (Å²) in [5, 5.41) is 7.28. The molecule has 2 heterocycles. The van der Waals surface area contributed by atoms with Gasteiger partial charge >= 0.3 is 0 Å². The van der Waals surface area contributed by atoms with Crippen molar-refractivity contribution in [3.63, 3.8) is 0 Å². The van der Waals surface area contributed by atoms with Crippen molar-refractivity contribution in [1.82, 2.24) is 14.8 Å². The number of aromatic nitrogens is 3. The average molecular weight is 254 g/mol. The Labute approximate surface area is 111 Å². The highest BCUT2D eigenvalue weighted by Gasteiger charge is 2.37. The van der Waals surface area contributed by atoms with Gasteiger partial charge in [-0.1, -0.05) is 36.9 Å². The predicted octanol–water partition coefficient (Wildman–Crippen LogP) is 2.01. The molecular formula is C14H14N4O. The van der Waals surface area contributed by atoms with E-state index in [1.165, 1.54) is 6.33 Å². The minimum atomic E-state index is -0.336. The molecule has 5 nitrogen and oxygen atoms in total. The Morgan fingerprint density at radius 1 is 1.37 bits per heavy atom. The van der Waals surface area contributed by atoms with Crippen molar-refractivity contribution in [1.29, 1.82) is 0 Å². The number of Topliss-reactive ketones (excluding diaryl/α,β-unsaturated/α-hetero) is 1. The van der Waals surface area contributed by atoms with Crippen LogP contribution in [0.3, 0.4) is 0 Å². The van der Waals surface area contributed by atoms with Gasteiger partial charge in [0.15, 0.2) is 0 Å². The van der Waals surface area contributed by atoms with E-state index in [1.54, 1.807) is 11.6 Å². The number of carbonyl (C=O) groups excluding carboxylic acids is 1. The van der Waals surface area contributed by atoms with Crippen LogP contribution in [0.25, 0.3) is 0 Å². The minimum absolute atomic E-state index is 0.0625. The largest absolute Gasteiger partial charge is 0.328 e. The topological polar surface area (TPSA) is 59.8 Å². The van der Waals surface area contributed by atoms with Gasteiger partial charge in [-0.15, -0.1) is 0 Å². The van der Waals surface area contributed by atoms with E-state index in [9.17, 15) is 4.79 Å². The van der Waals surface area contributed by atoms with Crippen molar-refractivity contribution >= 4 is 11.7 Å². The van der Waals surface area contributed by atoms with Crippen molar-refractivity contribution in [3.05, 3.63) is 54.5 Å². The quantitative estimate of drug-likeness (QED) is 0.890. The molecule has 0 spiro atoms. The van der Waals surface area contributed by atoms with Gasteiger partial charge in [-0.25, -0.2) is 4.68 Å². The van der Waals surface area contributed by atoms with Crippen molar-refractivity contribution in [2.24, 2.45) is 5.92 Å². The highest BCUT2D eigenvalue weighted by Crippen LogP contribution is 2.37. The SMILES string of the molecule is C=C1Nc2ncnn2C(c2ccccc2)C1C(C)=O. The summed E-state index contributed by atoms with van der Waals surface area (Å²) in [6.07, 6.45) is 1.48. The van der Waals surface area contributed by atoms with Crippen LogP contribution in [0.4, 0.5) is 5.95 Å². The fraction of sp³-hybridized carbons (Fsp3) is 0.214. The van der Waals surface area contributed by atoms with E-state index < -0.39 is 0 Å². The number of fused-ring (bicyclic) bond motifs is 1. The highest BCUT2D eigenvalue weighted by atomic mass is 16.1. The molecule has 2 aromatic rings. The lowest BCUT2D eigenvalue weighted by Gasteiger charge is -2.33. The molecule has 0 bridgehead atoms. The number of nitrogens with zero attached hydrogens (tertiary/aromatic N) is 3. The molecule has 0 aliphatic carbocycles. The highest BCUT2D eigenvalue weighted by molar-refractivity contribution is 5.83. The zero-order valence-corrected chi connectivity index (χ0v) is 10.6. The summed E-state index contributed by atoms with van der Waals surface area (Å²) in [5.41, 5.74) is 1.69. The second-order valence-corrected chi connectivity index (χ2v) is 4.62. The first-order chi connectivity index (χ1) is 9.18. The lowest BCUT2D eigenvalue weighted by atomic mass is 9.86. The molecule has 2 unspecified atom stereocenters. The third-order valence-corrected chi connectivity index (χ3v) is 3.38. The maximum atomic E-state index is 12.0. The molecule has 0 radical (unpaired) electrons. The van der Waals surface area contributed by atoms with Gasteiger partial charge in [0.25, 0.3) is 0 Å². The van der Waals surface area contributed by atoms with Crippen LogP contribution in [0, 0.1) is 5.92 Å². The molecule has 1 aliphatic heterocycles. The van der Waals surface area contributed by atoms with Crippen LogP contribution in [0.1, 0.15) is 18.5 Å². The molecule has 1 aromatic carbocycles. The minimum Gasteiger partial charge on any atom is -0.328 e. The first kappa shape index (κ1) is 11.6. The van der Waals surface area contributed by atoms with Crippen LogP contribution in [0.5, 0.6) is 0 Å². The van der Waals surface area contributed by atoms with Crippen LogP contribution >= 0.6 is 0 Å². The van der Waals surface area contributed by atoms with Crippen LogP contribution in [0.2, 0.25) is 0 Å². The maximum absolute atomic E-state index is 12.0. The first-order valence-corrected chi connectivity index (χ1v) is 6.09. The van der Waals surface area contributed by atoms with Crippen LogP contribution in [0.15, 0.2) is 48.9 Å². The Morgan fingerprint density at radius 2 is 2.11 bits per heavy atom. The number of nitrogens with one attached hydrogen (secondary N) is 1. The van der Waals surface area contributed by atoms with Crippen LogP contribution in [-0.4, -0.2) is 20.5 Å². The predicted molar refractivity (Wildman–Crippen MR) is 71.5 cm³/mol. The molecule has 19 heavy (non-hydrogen) atoms. The van der Waals surface area contributed by atoms with Gasteiger partial charge in [0.05, 0.1) is 12.0 Å². The van der Waals surface area contributed by atoms with Crippen molar-refractivity contribution in [2.45, 2.75) is 13.0 Å². The number of rotatable bonds is 2. The molecule has 1 N–H and O–H groups in total. The fourth-order valence-electron chi connectivity index (χ4n) is 2.55. The summed E-state index contributed by atoms with van der Waals surface area (Å²) in [6.45, 7) is 5.54. The van der Waals surface area contributed by atoms with E-state index >= 15 is 0 Å². The summed E-state index contributed by atoms with van der Waals surface area (Å²) >= 11 is 0. The number of hydrogen-bond acceptors (Lipinski definition) is 4. The molecule has 1 aliphatic rings. The molecular weight excluding hydrogens is 240 g/mol. The second kappa shape index (κ2) is 4.35. The van der Waals surface area contributed by atoms with Gasteiger partial charge < -0.3 is 5.32 Å². The van der Waals surface area contributed by atoms with Gasteiger partial charge in [-0.05, 0) is 12.5 Å². The van der Waals surface area contributed by atoms with E-state index in [-0.39, 0.29) is 17.7 Å². The maximum Gasteiger partial charge on any atom is 0.226 e. The van der Waals surface area contributed by atoms with E-state index in [2.05, 4.69) is 22.0 Å². The van der Waals surface area contributed by atoms with Crippen molar-refractivity contribution < 1.29 is 4.79 Å². The smallest absolute Gasteiger partial charge is 0.226 e. The number of ketones is 1. The first-order valence-electron chi connectivity index (χ1n) is 6.09. The van der Waals surface area contributed by atoms with E-state index in [0.29, 0.717) is 11.6 Å². The van der Waals surface area contributed by atoms with Gasteiger partial charge in [0.1, 0.15) is 12.1 Å². The molecule has 2 atom stereocenters. The van der Waals surface area contributed by atoms with Crippen molar-refractivity contribution in [2.75, 3.05) is 5.32 Å². The van der Waals surface area contributed by atoms with Gasteiger partial charge in [0.2, 0.25) is 5.95 Å². The number of carbonyl (C=O) groups is 1. The molecule has 96 valence electrons. The Kier molecular flexibility index (Phi) is 2.67. The lowest BCUT2D eigenvalue weighted by molar-refractivity contribution is -0.120. The van der Waals surface area contributed by atoms with E-state index in [4.69, 9.17) is 0 Å². The average Bonchev–Trinajstić information content (AvgIpc) is 2.85. The summed E-state index contributed by atoms with van der Waals surface area (Å²) < 4.78 is 1.75. The van der Waals surface area contributed by atoms with E-state index in [0.717, 1.165) is 5.56 Å². The monoisotopic (exact) mass is 254 g/mol. The second-order valence-electron chi connectivity index (χ2n) is 4.62. The van der Waals surface area contributed by atoms with Gasteiger partial charge in [-0.3, -0.25) is 4.79 Å². The standard InChI is InChI=1S/C14H14N4O/c1-9-12(10(2)19)13(11-6-4-3-5-7-11)18-14(17-9)15-8-16-18/h3-8,12-13H,1H2,2H3,(H,15,16,17). The number of allylic oxidation sites excluding steroid dienone is 1. The van der Waals surface area contributed by atoms with Crippen LogP contribution in [-0.2, 0) is 4.79 Å². The molecule has 1 aromatic heterocycles. The molecule has 0 saturated heterocycles.